The highest BCUT2D eigenvalue weighted by Crippen LogP contribution is 2.21. The first kappa shape index (κ1) is 18.4. The Morgan fingerprint density at radius 3 is 2.76 bits per heavy atom. The maximum atomic E-state index is 12.1. The number of amides is 1. The Balaban J connectivity index is 2.24. The molecule has 1 fully saturated rings. The first-order valence-electron chi connectivity index (χ1n) is 8.27. The Kier molecular flexibility index (Phi) is 8.85. The van der Waals surface area contributed by atoms with E-state index in [2.05, 4.69) is 11.8 Å². The fourth-order valence-corrected chi connectivity index (χ4v) is 3.08. The molecule has 0 aromatic rings. The van der Waals surface area contributed by atoms with Gasteiger partial charge in [0.2, 0.25) is 5.91 Å². The van der Waals surface area contributed by atoms with E-state index in [1.165, 1.54) is 32.1 Å². The molecule has 4 nitrogen and oxygen atoms in total. The van der Waals surface area contributed by atoms with Crippen LogP contribution in [-0.2, 0) is 4.79 Å². The van der Waals surface area contributed by atoms with Gasteiger partial charge in [-0.3, -0.25) is 4.79 Å². The summed E-state index contributed by atoms with van der Waals surface area (Å²) in [4.78, 5) is 16.7. The second-order valence-corrected chi connectivity index (χ2v) is 6.73. The third-order valence-electron chi connectivity index (χ3n) is 4.40. The Bertz CT molecular complexity index is 335. The zero-order chi connectivity index (χ0) is 15.7. The molecule has 0 spiro atoms. The van der Waals surface area contributed by atoms with Crippen molar-refractivity contribution < 1.29 is 4.79 Å². The monoisotopic (exact) mass is 313 g/mol. The van der Waals surface area contributed by atoms with Crippen LogP contribution in [0.1, 0.15) is 51.9 Å². The van der Waals surface area contributed by atoms with Crippen molar-refractivity contribution in [1.29, 1.82) is 0 Å². The van der Waals surface area contributed by atoms with Gasteiger partial charge in [0.15, 0.2) is 0 Å². The third kappa shape index (κ3) is 7.77. The van der Waals surface area contributed by atoms with E-state index in [-0.39, 0.29) is 5.91 Å². The zero-order valence-electron chi connectivity index (χ0n) is 13.6. The molecule has 21 heavy (non-hydrogen) atoms. The van der Waals surface area contributed by atoms with Crippen LogP contribution in [0.25, 0.3) is 0 Å². The van der Waals surface area contributed by atoms with E-state index in [1.54, 1.807) is 4.90 Å². The molecule has 2 N–H and O–H groups in total. The highest BCUT2D eigenvalue weighted by atomic mass is 32.1. The largest absolute Gasteiger partial charge is 0.393 e. The molecule has 1 aliphatic heterocycles. The molecular formula is C16H31N3OS. The number of rotatable bonds is 8. The van der Waals surface area contributed by atoms with Gasteiger partial charge in [-0.15, -0.1) is 0 Å². The molecule has 0 aromatic carbocycles. The summed E-state index contributed by atoms with van der Waals surface area (Å²) in [5.74, 6) is 1.09. The molecule has 1 amide bonds. The van der Waals surface area contributed by atoms with E-state index in [4.69, 9.17) is 18.0 Å². The van der Waals surface area contributed by atoms with Gasteiger partial charge < -0.3 is 15.5 Å². The van der Waals surface area contributed by atoms with Gasteiger partial charge in [-0.05, 0) is 38.3 Å². The zero-order valence-corrected chi connectivity index (χ0v) is 14.5. The molecule has 1 atom stereocenters. The lowest BCUT2D eigenvalue weighted by Gasteiger charge is -2.22. The van der Waals surface area contributed by atoms with E-state index in [9.17, 15) is 4.79 Å². The van der Waals surface area contributed by atoms with Crippen LogP contribution in [0.2, 0.25) is 0 Å². The Morgan fingerprint density at radius 2 is 2.10 bits per heavy atom. The lowest BCUT2D eigenvalue weighted by molar-refractivity contribution is -0.130. The van der Waals surface area contributed by atoms with E-state index in [0.717, 1.165) is 25.6 Å². The fourth-order valence-electron chi connectivity index (χ4n) is 2.99. The molecule has 1 saturated heterocycles. The number of carbonyl (C=O) groups excluding carboxylic acids is 1. The molecule has 5 heteroatoms. The van der Waals surface area contributed by atoms with Crippen molar-refractivity contribution in [1.82, 2.24) is 9.80 Å². The molecular weight excluding hydrogens is 282 g/mol. The molecule has 1 rings (SSSR count). The van der Waals surface area contributed by atoms with Crippen LogP contribution < -0.4 is 5.73 Å². The van der Waals surface area contributed by atoms with Gasteiger partial charge in [-0.1, -0.05) is 32.0 Å². The van der Waals surface area contributed by atoms with E-state index < -0.39 is 0 Å². The van der Waals surface area contributed by atoms with Gasteiger partial charge >= 0.3 is 0 Å². The summed E-state index contributed by atoms with van der Waals surface area (Å²) in [5, 5.41) is 0. The SMILES string of the molecule is CCCC1CCCN(CCC(=O)N(C)CCC(N)=S)CC1. The quantitative estimate of drug-likeness (QED) is 0.699. The second kappa shape index (κ2) is 10.1. The number of carbonyl (C=O) groups is 1. The number of hydrogen-bond donors (Lipinski definition) is 1. The first-order valence-corrected chi connectivity index (χ1v) is 8.68. The van der Waals surface area contributed by atoms with Gasteiger partial charge in [0.25, 0.3) is 0 Å². The maximum Gasteiger partial charge on any atom is 0.223 e. The van der Waals surface area contributed by atoms with Gasteiger partial charge in [0, 0.05) is 33.0 Å². The number of thiocarbonyl (C=S) groups is 1. The van der Waals surface area contributed by atoms with E-state index >= 15 is 0 Å². The van der Waals surface area contributed by atoms with Crippen LogP contribution in [0.4, 0.5) is 0 Å². The van der Waals surface area contributed by atoms with Gasteiger partial charge in [-0.25, -0.2) is 0 Å². The predicted molar refractivity (Wildman–Crippen MR) is 92.3 cm³/mol. The van der Waals surface area contributed by atoms with Crippen LogP contribution in [0.15, 0.2) is 0 Å². The highest BCUT2D eigenvalue weighted by Gasteiger charge is 2.17. The average Bonchev–Trinajstić information content (AvgIpc) is 2.68. The Morgan fingerprint density at radius 1 is 1.33 bits per heavy atom. The van der Waals surface area contributed by atoms with Gasteiger partial charge in [0.05, 0.1) is 4.99 Å². The first-order chi connectivity index (χ1) is 10.0. The van der Waals surface area contributed by atoms with Crippen molar-refractivity contribution in [2.24, 2.45) is 11.7 Å². The summed E-state index contributed by atoms with van der Waals surface area (Å²) in [6.07, 6.45) is 7.78. The van der Waals surface area contributed by atoms with Crippen molar-refractivity contribution in [3.05, 3.63) is 0 Å². The summed E-state index contributed by atoms with van der Waals surface area (Å²) >= 11 is 4.85. The highest BCUT2D eigenvalue weighted by molar-refractivity contribution is 7.80. The standard InChI is InChI=1S/C16H31N3OS/c1-3-5-14-6-4-10-19(12-7-14)13-9-16(20)18(2)11-8-15(17)21/h14H,3-13H2,1-2H3,(H2,17,21). The second-order valence-electron chi connectivity index (χ2n) is 6.21. The van der Waals surface area contributed by atoms with Gasteiger partial charge in [0.1, 0.15) is 0 Å². The van der Waals surface area contributed by atoms with Gasteiger partial charge in [-0.2, -0.15) is 0 Å². The van der Waals surface area contributed by atoms with Crippen molar-refractivity contribution in [2.75, 3.05) is 33.2 Å². The van der Waals surface area contributed by atoms with Crippen molar-refractivity contribution in [3.8, 4) is 0 Å². The van der Waals surface area contributed by atoms with Crippen LogP contribution in [0.5, 0.6) is 0 Å². The maximum absolute atomic E-state index is 12.1. The minimum absolute atomic E-state index is 0.195. The number of hydrogen-bond acceptors (Lipinski definition) is 3. The molecule has 122 valence electrons. The van der Waals surface area contributed by atoms with Crippen molar-refractivity contribution in [3.63, 3.8) is 0 Å². The fraction of sp³-hybridized carbons (Fsp3) is 0.875. The Hall–Kier alpha value is -0.680. The smallest absolute Gasteiger partial charge is 0.223 e. The van der Waals surface area contributed by atoms with Crippen molar-refractivity contribution in [2.45, 2.75) is 51.9 Å². The topological polar surface area (TPSA) is 49.6 Å². The van der Waals surface area contributed by atoms with Crippen molar-refractivity contribution >= 4 is 23.1 Å². The Labute approximate surface area is 135 Å². The molecule has 0 aliphatic carbocycles. The normalized spacial score (nSPS) is 20.0. The minimum Gasteiger partial charge on any atom is -0.393 e. The van der Waals surface area contributed by atoms with Crippen LogP contribution in [0, 0.1) is 5.92 Å². The molecule has 1 heterocycles. The lowest BCUT2D eigenvalue weighted by Crippen LogP contribution is -2.34. The summed E-state index contributed by atoms with van der Waals surface area (Å²) in [7, 11) is 1.83. The third-order valence-corrected chi connectivity index (χ3v) is 4.60. The molecule has 1 aliphatic rings. The van der Waals surface area contributed by atoms with Crippen LogP contribution in [0.3, 0.4) is 0 Å². The van der Waals surface area contributed by atoms with Crippen LogP contribution in [-0.4, -0.2) is 53.9 Å². The summed E-state index contributed by atoms with van der Waals surface area (Å²) < 4.78 is 0. The summed E-state index contributed by atoms with van der Waals surface area (Å²) in [6, 6.07) is 0. The number of likely N-dealkylation sites (tertiary alicyclic amines) is 1. The molecule has 0 saturated carbocycles. The minimum atomic E-state index is 0.195. The lowest BCUT2D eigenvalue weighted by atomic mass is 9.96. The van der Waals surface area contributed by atoms with Crippen LogP contribution >= 0.6 is 12.2 Å². The number of nitrogens with zero attached hydrogens (tertiary/aromatic N) is 2. The number of nitrogens with two attached hydrogens (primary N) is 1. The van der Waals surface area contributed by atoms with E-state index in [1.807, 2.05) is 7.05 Å². The predicted octanol–water partition coefficient (Wildman–Crippen LogP) is 2.41. The molecule has 1 unspecified atom stereocenters. The molecule has 0 radical (unpaired) electrons. The van der Waals surface area contributed by atoms with E-state index in [0.29, 0.717) is 24.4 Å². The molecule has 0 aromatic heterocycles. The average molecular weight is 314 g/mol. The summed E-state index contributed by atoms with van der Waals surface area (Å²) in [5.41, 5.74) is 5.47. The molecule has 0 bridgehead atoms. The summed E-state index contributed by atoms with van der Waals surface area (Å²) in [6.45, 7) is 6.07.